The van der Waals surface area contributed by atoms with Gasteiger partial charge in [0.25, 0.3) is 23.6 Å². The Bertz CT molecular complexity index is 1910. The lowest BCUT2D eigenvalue weighted by atomic mass is 9.51. The lowest BCUT2D eigenvalue weighted by Gasteiger charge is -2.59. The molecule has 9 heterocycles. The topological polar surface area (TPSA) is 134 Å². The molecule has 8 saturated heterocycles. The summed E-state index contributed by atoms with van der Waals surface area (Å²) in [6.45, 7) is 3.60. The van der Waals surface area contributed by atoms with E-state index in [1.807, 2.05) is 0 Å². The third kappa shape index (κ3) is 2.73. The van der Waals surface area contributed by atoms with Gasteiger partial charge < -0.3 is 30.2 Å². The first-order valence-corrected chi connectivity index (χ1v) is 20.7. The van der Waals surface area contributed by atoms with Crippen molar-refractivity contribution in [3.8, 4) is 0 Å². The molecule has 0 aromatic heterocycles. The van der Waals surface area contributed by atoms with Crippen LogP contribution in [0.5, 0.6) is 0 Å². The summed E-state index contributed by atoms with van der Waals surface area (Å²) in [5, 5.41) is 30.1. The van der Waals surface area contributed by atoms with Gasteiger partial charge in [-0.05, 0) is 87.9 Å². The molecule has 11 nitrogen and oxygen atoms in total. The molecule has 0 saturated carbocycles. The highest BCUT2D eigenvalue weighted by Crippen LogP contribution is 2.79. The molecular weight excluding hydrogens is 729 g/mol. The molecule has 12 rings (SSSR count). The second-order valence-electron chi connectivity index (χ2n) is 14.4. The van der Waals surface area contributed by atoms with E-state index in [1.54, 1.807) is 19.9 Å². The first kappa shape index (κ1) is 32.0. The van der Waals surface area contributed by atoms with Crippen LogP contribution in [-0.4, -0.2) is 111 Å². The first-order valence-electron chi connectivity index (χ1n) is 16.4. The quantitative estimate of drug-likeness (QED) is 0.399. The van der Waals surface area contributed by atoms with E-state index in [1.165, 1.54) is 85.6 Å². The number of amides is 4. The monoisotopic (exact) mass is 759 g/mol. The summed E-state index contributed by atoms with van der Waals surface area (Å²) in [5.41, 5.74) is -2.60. The van der Waals surface area contributed by atoms with E-state index in [9.17, 15) is 29.4 Å². The number of benzene rings is 2. The lowest BCUT2D eigenvalue weighted by molar-refractivity contribution is -0.168. The number of carbonyl (C=O) groups is 4. The largest absolute Gasteiger partial charge is 0.388 e. The lowest BCUT2D eigenvalue weighted by Crippen LogP contribution is -2.78. The van der Waals surface area contributed by atoms with Crippen LogP contribution in [0.25, 0.3) is 0 Å². The van der Waals surface area contributed by atoms with E-state index in [0.29, 0.717) is 11.3 Å². The molecule has 10 aliphatic rings. The van der Waals surface area contributed by atoms with Gasteiger partial charge in [0.05, 0.1) is 16.9 Å². The second-order valence-corrected chi connectivity index (χ2v) is 19.6. The van der Waals surface area contributed by atoms with Crippen LogP contribution in [0, 0.1) is 11.6 Å². The number of fused-ring (bicyclic) bond motifs is 11. The van der Waals surface area contributed by atoms with Crippen LogP contribution in [0.15, 0.2) is 36.4 Å². The Morgan fingerprint density at radius 2 is 1.26 bits per heavy atom. The number of nitrogens with one attached hydrogen (secondary N) is 1. The third-order valence-corrected chi connectivity index (χ3v) is 20.7. The molecule has 262 valence electrons. The fraction of sp³-hybridized carbons (Fsp3) is 0.515. The Hall–Kier alpha value is -2.70. The van der Waals surface area contributed by atoms with Gasteiger partial charge in [0.15, 0.2) is 9.74 Å². The van der Waals surface area contributed by atoms with Crippen LogP contribution >= 0.6 is 43.2 Å². The second kappa shape index (κ2) is 9.26. The van der Waals surface area contributed by atoms with Crippen LogP contribution in [0.1, 0.15) is 43.4 Å². The van der Waals surface area contributed by atoms with Crippen molar-refractivity contribution < 1.29 is 38.2 Å². The summed E-state index contributed by atoms with van der Waals surface area (Å²) in [4.78, 5) is 58.4. The van der Waals surface area contributed by atoms with Crippen molar-refractivity contribution >= 4 is 72.5 Å². The van der Waals surface area contributed by atoms with Crippen molar-refractivity contribution in [3.05, 3.63) is 64.7 Å². The van der Waals surface area contributed by atoms with Crippen LogP contribution in [0.2, 0.25) is 0 Å². The average molecular weight is 760 g/mol. The van der Waals surface area contributed by atoms with Crippen LogP contribution in [0.4, 0.5) is 14.5 Å². The number of rotatable bonds is 3. The molecule has 0 unspecified atom stereocenters. The Kier molecular flexibility index (Phi) is 5.92. The zero-order chi connectivity index (χ0) is 35.3. The van der Waals surface area contributed by atoms with E-state index < -0.39 is 90.0 Å². The molecule has 17 heteroatoms. The third-order valence-electron chi connectivity index (χ3n) is 13.2. The van der Waals surface area contributed by atoms with Gasteiger partial charge in [0, 0.05) is 19.8 Å². The van der Waals surface area contributed by atoms with Gasteiger partial charge in [0.1, 0.15) is 30.0 Å². The Morgan fingerprint density at radius 1 is 0.740 bits per heavy atom. The zero-order valence-electron chi connectivity index (χ0n) is 27.1. The molecule has 0 radical (unpaired) electrons. The van der Waals surface area contributed by atoms with Gasteiger partial charge in [-0.2, -0.15) is 0 Å². The van der Waals surface area contributed by atoms with Crippen molar-refractivity contribution in [1.82, 2.24) is 19.6 Å². The normalized spacial score (nSPS) is 44.4. The van der Waals surface area contributed by atoms with Gasteiger partial charge in [-0.1, -0.05) is 41.5 Å². The molecule has 2 spiro atoms. The van der Waals surface area contributed by atoms with Gasteiger partial charge in [-0.15, -0.1) is 0 Å². The SMILES string of the molecule is CC[C@@]12SS[C@]3(C(=O)N1C)[C@@H](O)[C@]1([C@@]45c6cc(F)ccc6N[C@@H]4N4C(=O)[C@]6(CC)SS[C@]4(C(=O)N6C)[C@H]5O)c4cc(F)ccc4C[C@@H]1N3C2=O. The fourth-order valence-corrected chi connectivity index (χ4v) is 18.9. The Labute approximate surface area is 301 Å². The number of aliphatic hydroxyl groups is 2. The number of nitrogens with zero attached hydrogens (tertiary/aromatic N) is 4. The highest BCUT2D eigenvalue weighted by Gasteiger charge is 2.92. The fourth-order valence-electron chi connectivity index (χ4n) is 11.0. The highest BCUT2D eigenvalue weighted by molar-refractivity contribution is 8.78. The van der Waals surface area contributed by atoms with Crippen molar-refractivity contribution in [2.75, 3.05) is 19.4 Å². The van der Waals surface area contributed by atoms with E-state index in [0.717, 1.165) is 21.6 Å². The van der Waals surface area contributed by atoms with E-state index in [4.69, 9.17) is 0 Å². The molecule has 10 atom stereocenters. The van der Waals surface area contributed by atoms with E-state index >= 15 is 8.78 Å². The molecule has 2 aromatic carbocycles. The van der Waals surface area contributed by atoms with E-state index in [-0.39, 0.29) is 30.4 Å². The van der Waals surface area contributed by atoms with Crippen molar-refractivity contribution in [2.24, 2.45) is 0 Å². The van der Waals surface area contributed by atoms with Gasteiger partial charge in [-0.25, -0.2) is 8.78 Å². The number of halogens is 2. The highest BCUT2D eigenvalue weighted by atomic mass is 33.1. The summed E-state index contributed by atoms with van der Waals surface area (Å²) < 4.78 is 31.4. The maximum Gasteiger partial charge on any atom is 0.264 e. The zero-order valence-corrected chi connectivity index (χ0v) is 30.4. The minimum absolute atomic E-state index is 0.0730. The number of hydrogen-bond acceptors (Lipinski definition) is 11. The molecule has 4 bridgehead atoms. The Balaban J connectivity index is 1.36. The number of hydrogen-bond donors (Lipinski definition) is 3. The van der Waals surface area contributed by atoms with Gasteiger partial charge in [0.2, 0.25) is 9.74 Å². The molecular formula is C33H31F2N5O6S4. The smallest absolute Gasteiger partial charge is 0.264 e. The molecule has 3 N–H and O–H groups in total. The molecule has 8 fully saturated rings. The van der Waals surface area contributed by atoms with Crippen molar-refractivity contribution in [1.29, 1.82) is 0 Å². The predicted octanol–water partition coefficient (Wildman–Crippen LogP) is 2.56. The minimum Gasteiger partial charge on any atom is -0.388 e. The molecule has 50 heavy (non-hydrogen) atoms. The predicted molar refractivity (Wildman–Crippen MR) is 184 cm³/mol. The molecule has 4 amide bonds. The standard InChI is InChI=1S/C33H31F2N5O6S4/c1-5-28-24(43)39-20-11-14-7-8-15(34)12-17(14)30(20,21(41)32(39,49-47-28)26(45)37(28)3)31-18-13-16(35)9-10-19(18)36-23(31)40-25(44)29(6-2)38(4)27(46)33(40,22(31)42)50-48-29/h7-10,12-13,20-23,36,41-42H,5-6,11H2,1-4H3/t20-,21-,22-,23+,28-,29-,30-,31+,32-,33-/m0/s1. The summed E-state index contributed by atoms with van der Waals surface area (Å²) in [5.74, 6) is -3.26. The van der Waals surface area contributed by atoms with Gasteiger partial charge >= 0.3 is 0 Å². The molecule has 2 aromatic rings. The van der Waals surface area contributed by atoms with Crippen molar-refractivity contribution in [2.45, 2.75) is 87.8 Å². The van der Waals surface area contributed by atoms with E-state index in [2.05, 4.69) is 5.32 Å². The number of piperazine rings is 2. The van der Waals surface area contributed by atoms with Gasteiger partial charge in [-0.3, -0.25) is 24.1 Å². The minimum atomic E-state index is -1.99. The number of likely N-dealkylation sites (N-methyl/N-ethyl adjacent to an activating group) is 2. The number of carbonyl (C=O) groups excluding carboxylic acids is 4. The average Bonchev–Trinajstić information content (AvgIpc) is 3.75. The summed E-state index contributed by atoms with van der Waals surface area (Å²) in [7, 11) is 7.56. The van der Waals surface area contributed by atoms with Crippen molar-refractivity contribution in [3.63, 3.8) is 0 Å². The molecule has 1 aliphatic carbocycles. The summed E-state index contributed by atoms with van der Waals surface area (Å²) in [6, 6.07) is 6.99. The maximum absolute atomic E-state index is 15.7. The van der Waals surface area contributed by atoms with Crippen LogP contribution in [0.3, 0.4) is 0 Å². The Morgan fingerprint density at radius 3 is 1.86 bits per heavy atom. The summed E-state index contributed by atoms with van der Waals surface area (Å²) in [6.07, 6.45) is -4.35. The van der Waals surface area contributed by atoms with Crippen LogP contribution < -0.4 is 5.32 Å². The maximum atomic E-state index is 15.7. The number of aliphatic hydroxyl groups excluding tert-OH is 2. The number of anilines is 1. The summed E-state index contributed by atoms with van der Waals surface area (Å²) >= 11 is 0. The first-order chi connectivity index (χ1) is 23.7. The van der Waals surface area contributed by atoms with Crippen LogP contribution in [-0.2, 0) is 36.4 Å². The molecule has 9 aliphatic heterocycles.